The molecular formula is C25H24N4O4S. The van der Waals surface area contributed by atoms with Crippen molar-refractivity contribution in [3.63, 3.8) is 0 Å². The van der Waals surface area contributed by atoms with Gasteiger partial charge in [-0.25, -0.2) is 13.4 Å². The molecular weight excluding hydrogens is 452 g/mol. The first-order valence-electron chi connectivity index (χ1n) is 10.9. The van der Waals surface area contributed by atoms with Crippen LogP contribution in [0.25, 0.3) is 0 Å². The number of hydrogen-bond acceptors (Lipinski definition) is 6. The highest BCUT2D eigenvalue weighted by atomic mass is 32.2. The van der Waals surface area contributed by atoms with Crippen LogP contribution in [0.2, 0.25) is 0 Å². The van der Waals surface area contributed by atoms with Crippen molar-refractivity contribution in [2.24, 2.45) is 5.92 Å². The lowest BCUT2D eigenvalue weighted by molar-refractivity contribution is -0.120. The van der Waals surface area contributed by atoms with Crippen molar-refractivity contribution in [3.8, 4) is 17.7 Å². The predicted octanol–water partition coefficient (Wildman–Crippen LogP) is 4.09. The van der Waals surface area contributed by atoms with Crippen LogP contribution in [0.15, 0.2) is 71.8 Å². The molecule has 1 saturated heterocycles. The molecule has 1 amide bonds. The minimum Gasteiger partial charge on any atom is -0.438 e. The minimum absolute atomic E-state index is 0.139. The van der Waals surface area contributed by atoms with Crippen molar-refractivity contribution < 1.29 is 17.9 Å². The highest BCUT2D eigenvalue weighted by Gasteiger charge is 2.33. The third kappa shape index (κ3) is 5.09. The normalized spacial score (nSPS) is 16.4. The molecule has 1 unspecified atom stereocenters. The molecule has 1 N–H and O–H groups in total. The zero-order valence-corrected chi connectivity index (χ0v) is 19.5. The number of carbonyl (C=O) groups excluding carboxylic acids is 1. The van der Waals surface area contributed by atoms with Gasteiger partial charge in [-0.1, -0.05) is 18.2 Å². The second kappa shape index (κ2) is 10.0. The summed E-state index contributed by atoms with van der Waals surface area (Å²) < 4.78 is 33.0. The Labute approximate surface area is 198 Å². The van der Waals surface area contributed by atoms with Gasteiger partial charge >= 0.3 is 0 Å². The van der Waals surface area contributed by atoms with Crippen LogP contribution in [0.4, 0.5) is 5.69 Å². The number of pyridine rings is 1. The number of ether oxygens (including phenoxy) is 1. The smallest absolute Gasteiger partial charge is 0.243 e. The van der Waals surface area contributed by atoms with Gasteiger partial charge in [0.2, 0.25) is 21.8 Å². The number of aromatic nitrogens is 1. The minimum atomic E-state index is -3.64. The quantitative estimate of drug-likeness (QED) is 0.573. The van der Waals surface area contributed by atoms with Gasteiger partial charge in [0, 0.05) is 25.0 Å². The zero-order valence-electron chi connectivity index (χ0n) is 18.6. The summed E-state index contributed by atoms with van der Waals surface area (Å²) >= 11 is 0. The SMILES string of the molecule is Cc1cc(Oc2ncccc2C#N)ccc1NC(=O)C1CCCN(S(=O)(=O)c2ccccc2)C1. The first kappa shape index (κ1) is 23.4. The fraction of sp³-hybridized carbons (Fsp3) is 0.240. The lowest BCUT2D eigenvalue weighted by Crippen LogP contribution is -2.43. The highest BCUT2D eigenvalue weighted by molar-refractivity contribution is 7.89. The maximum atomic E-state index is 13.0. The van der Waals surface area contributed by atoms with Crippen LogP contribution >= 0.6 is 0 Å². The topological polar surface area (TPSA) is 112 Å². The Morgan fingerprint density at radius 2 is 1.97 bits per heavy atom. The van der Waals surface area contributed by atoms with Crippen LogP contribution in [0.5, 0.6) is 11.6 Å². The van der Waals surface area contributed by atoms with E-state index in [1.807, 2.05) is 13.0 Å². The van der Waals surface area contributed by atoms with E-state index in [0.717, 1.165) is 5.56 Å². The molecule has 34 heavy (non-hydrogen) atoms. The number of nitrogens with one attached hydrogen (secondary N) is 1. The Bertz CT molecular complexity index is 1340. The monoisotopic (exact) mass is 476 g/mol. The van der Waals surface area contributed by atoms with Crippen molar-refractivity contribution in [2.75, 3.05) is 18.4 Å². The van der Waals surface area contributed by atoms with Crippen LogP contribution in [-0.2, 0) is 14.8 Å². The number of aryl methyl sites for hydroxylation is 1. The van der Waals surface area contributed by atoms with Crippen LogP contribution in [0.1, 0.15) is 24.0 Å². The van der Waals surface area contributed by atoms with Crippen molar-refractivity contribution in [3.05, 3.63) is 78.0 Å². The van der Waals surface area contributed by atoms with Gasteiger partial charge in [0.25, 0.3) is 0 Å². The molecule has 0 spiro atoms. The molecule has 174 valence electrons. The molecule has 2 heterocycles. The van der Waals surface area contributed by atoms with Gasteiger partial charge in [0.15, 0.2) is 0 Å². The number of rotatable bonds is 6. The number of amides is 1. The number of anilines is 1. The van der Waals surface area contributed by atoms with E-state index < -0.39 is 15.9 Å². The Balaban J connectivity index is 1.44. The maximum Gasteiger partial charge on any atom is 0.243 e. The van der Waals surface area contributed by atoms with Crippen molar-refractivity contribution in [1.29, 1.82) is 5.26 Å². The lowest BCUT2D eigenvalue weighted by Gasteiger charge is -2.31. The largest absolute Gasteiger partial charge is 0.438 e. The number of hydrogen-bond donors (Lipinski definition) is 1. The summed E-state index contributed by atoms with van der Waals surface area (Å²) in [5.74, 6) is 0.0297. The zero-order chi connectivity index (χ0) is 24.1. The fourth-order valence-corrected chi connectivity index (χ4v) is 5.40. The molecule has 8 nitrogen and oxygen atoms in total. The third-order valence-electron chi connectivity index (χ3n) is 5.70. The number of sulfonamides is 1. The number of piperidine rings is 1. The number of carbonyl (C=O) groups is 1. The fourth-order valence-electron chi connectivity index (χ4n) is 3.86. The molecule has 0 saturated carbocycles. The molecule has 1 aliphatic rings. The van der Waals surface area contributed by atoms with Gasteiger partial charge in [-0.3, -0.25) is 4.79 Å². The summed E-state index contributed by atoms with van der Waals surface area (Å²) in [5, 5.41) is 12.1. The van der Waals surface area contributed by atoms with E-state index in [0.29, 0.717) is 36.4 Å². The van der Waals surface area contributed by atoms with Crippen LogP contribution in [0.3, 0.4) is 0 Å². The molecule has 1 atom stereocenters. The Hall–Kier alpha value is -3.74. The first-order valence-corrected chi connectivity index (χ1v) is 12.3. The highest BCUT2D eigenvalue weighted by Crippen LogP contribution is 2.28. The van der Waals surface area contributed by atoms with Gasteiger partial charge in [0.1, 0.15) is 17.4 Å². The number of benzene rings is 2. The molecule has 0 aliphatic carbocycles. The van der Waals surface area contributed by atoms with Gasteiger partial charge in [0.05, 0.1) is 10.8 Å². The van der Waals surface area contributed by atoms with Gasteiger partial charge in [-0.05, 0) is 67.8 Å². The Morgan fingerprint density at radius 3 is 2.71 bits per heavy atom. The standard InChI is InChI=1S/C25H24N4O4S/c1-18-15-21(33-25-19(16-26)7-5-13-27-25)11-12-23(18)28-24(30)20-8-6-14-29(17-20)34(31,32)22-9-3-2-4-10-22/h2-5,7,9-13,15,20H,6,8,14,17H2,1H3,(H,28,30). The Morgan fingerprint density at radius 1 is 1.18 bits per heavy atom. The number of nitrogens with zero attached hydrogens (tertiary/aromatic N) is 3. The van der Waals surface area contributed by atoms with Crippen LogP contribution in [0, 0.1) is 24.2 Å². The maximum absolute atomic E-state index is 13.0. The molecule has 1 aromatic heterocycles. The van der Waals surface area contributed by atoms with E-state index in [1.165, 1.54) is 4.31 Å². The summed E-state index contributed by atoms with van der Waals surface area (Å²) in [7, 11) is -3.64. The summed E-state index contributed by atoms with van der Waals surface area (Å²) in [5.41, 5.74) is 1.71. The molecule has 1 fully saturated rings. The van der Waals surface area contributed by atoms with E-state index in [2.05, 4.69) is 10.3 Å². The van der Waals surface area contributed by atoms with Crippen molar-refractivity contribution in [2.45, 2.75) is 24.7 Å². The van der Waals surface area contributed by atoms with Gasteiger partial charge < -0.3 is 10.1 Å². The molecule has 9 heteroatoms. The average Bonchev–Trinajstić information content (AvgIpc) is 2.86. The summed E-state index contributed by atoms with van der Waals surface area (Å²) in [4.78, 5) is 17.3. The molecule has 3 aromatic rings. The molecule has 2 aromatic carbocycles. The van der Waals surface area contributed by atoms with E-state index in [1.54, 1.807) is 66.9 Å². The number of nitriles is 1. The predicted molar refractivity (Wildman–Crippen MR) is 127 cm³/mol. The summed E-state index contributed by atoms with van der Waals surface area (Å²) in [6.07, 6.45) is 2.77. The molecule has 0 bridgehead atoms. The summed E-state index contributed by atoms with van der Waals surface area (Å²) in [6, 6.07) is 18.7. The molecule has 0 radical (unpaired) electrons. The van der Waals surface area contributed by atoms with Gasteiger partial charge in [-0.2, -0.15) is 9.57 Å². The van der Waals surface area contributed by atoms with E-state index >= 15 is 0 Å². The van der Waals surface area contributed by atoms with Crippen LogP contribution < -0.4 is 10.1 Å². The Kier molecular flexibility index (Phi) is 6.91. The summed E-state index contributed by atoms with van der Waals surface area (Å²) in [6.45, 7) is 2.36. The lowest BCUT2D eigenvalue weighted by atomic mass is 9.98. The first-order chi connectivity index (χ1) is 16.4. The van der Waals surface area contributed by atoms with Crippen LogP contribution in [-0.4, -0.2) is 36.7 Å². The second-order valence-electron chi connectivity index (χ2n) is 8.05. The van der Waals surface area contributed by atoms with Gasteiger partial charge in [-0.15, -0.1) is 0 Å². The molecule has 1 aliphatic heterocycles. The third-order valence-corrected chi connectivity index (χ3v) is 7.58. The van der Waals surface area contributed by atoms with Crippen molar-refractivity contribution >= 4 is 21.6 Å². The van der Waals surface area contributed by atoms with E-state index in [9.17, 15) is 18.5 Å². The second-order valence-corrected chi connectivity index (χ2v) is 9.99. The van der Waals surface area contributed by atoms with E-state index in [-0.39, 0.29) is 23.2 Å². The molecule has 4 rings (SSSR count). The van der Waals surface area contributed by atoms with E-state index in [4.69, 9.17) is 4.74 Å². The average molecular weight is 477 g/mol. The van der Waals surface area contributed by atoms with Crippen molar-refractivity contribution in [1.82, 2.24) is 9.29 Å².